The van der Waals surface area contributed by atoms with Gasteiger partial charge in [0.25, 0.3) is 5.91 Å². The van der Waals surface area contributed by atoms with Crippen LogP contribution in [0.1, 0.15) is 51.6 Å². The summed E-state index contributed by atoms with van der Waals surface area (Å²) in [7, 11) is 4.36. The summed E-state index contributed by atoms with van der Waals surface area (Å²) in [5.74, 6) is -1.05. The second-order valence-corrected chi connectivity index (χ2v) is 9.44. The van der Waals surface area contributed by atoms with E-state index >= 15 is 0 Å². The molecule has 0 fully saturated rings. The lowest BCUT2D eigenvalue weighted by Gasteiger charge is -2.28. The third kappa shape index (κ3) is 6.61. The fourth-order valence-electron chi connectivity index (χ4n) is 4.53. The van der Waals surface area contributed by atoms with E-state index < -0.39 is 29.9 Å². The van der Waals surface area contributed by atoms with E-state index in [9.17, 15) is 19.2 Å². The summed E-state index contributed by atoms with van der Waals surface area (Å²) in [6.07, 6.45) is -0.693. The number of anilines is 2. The molecular weight excluding hydrogens is 546 g/mol. The van der Waals surface area contributed by atoms with Crippen LogP contribution >= 0.6 is 0 Å². The molecule has 4 rings (SSSR count). The largest absolute Gasteiger partial charge is 0.493 e. The molecule has 0 radical (unpaired) electrons. The maximum atomic E-state index is 13.2. The number of carboxylic acids is 1. The zero-order chi connectivity index (χ0) is 30.4. The van der Waals surface area contributed by atoms with Crippen molar-refractivity contribution in [2.45, 2.75) is 31.4 Å². The summed E-state index contributed by atoms with van der Waals surface area (Å²) in [6.45, 7) is 0. The third-order valence-corrected chi connectivity index (χ3v) is 6.64. The molecule has 3 aromatic rings. The van der Waals surface area contributed by atoms with Gasteiger partial charge in [0.05, 0.1) is 27.8 Å². The van der Waals surface area contributed by atoms with E-state index in [1.54, 1.807) is 48.5 Å². The number of fused-ring (bicyclic) bond motifs is 1. The summed E-state index contributed by atoms with van der Waals surface area (Å²) < 4.78 is 22.4. The van der Waals surface area contributed by atoms with E-state index in [4.69, 9.17) is 29.8 Å². The van der Waals surface area contributed by atoms with Gasteiger partial charge in [-0.1, -0.05) is 18.2 Å². The number of benzene rings is 3. The molecule has 1 aliphatic heterocycles. The second-order valence-electron chi connectivity index (χ2n) is 9.44. The number of amides is 2. The van der Waals surface area contributed by atoms with Crippen molar-refractivity contribution in [1.29, 1.82) is 0 Å². The highest BCUT2D eigenvalue weighted by atomic mass is 16.5. The van der Waals surface area contributed by atoms with Crippen molar-refractivity contribution < 1.29 is 43.2 Å². The molecule has 2 amide bonds. The molecule has 42 heavy (non-hydrogen) atoms. The number of ketones is 1. The van der Waals surface area contributed by atoms with Crippen molar-refractivity contribution >= 4 is 34.9 Å². The summed E-state index contributed by atoms with van der Waals surface area (Å²) in [6, 6.07) is 13.7. The average molecular weight is 578 g/mol. The Balaban J connectivity index is 1.47. The van der Waals surface area contributed by atoms with Crippen LogP contribution in [-0.4, -0.2) is 56.0 Å². The minimum Gasteiger partial charge on any atom is -0.493 e. The monoisotopic (exact) mass is 577 g/mol. The van der Waals surface area contributed by atoms with Gasteiger partial charge in [-0.2, -0.15) is 0 Å². The number of rotatable bonds is 11. The van der Waals surface area contributed by atoms with Gasteiger partial charge in [-0.05, 0) is 42.3 Å². The van der Waals surface area contributed by atoms with Crippen molar-refractivity contribution in [2.24, 2.45) is 5.73 Å². The van der Waals surface area contributed by atoms with E-state index in [0.717, 1.165) is 0 Å². The maximum absolute atomic E-state index is 13.2. The highest BCUT2D eigenvalue weighted by Gasteiger charge is 2.34. The Bertz CT molecular complexity index is 1520. The summed E-state index contributed by atoms with van der Waals surface area (Å²) in [5, 5.41) is 14.3. The zero-order valence-corrected chi connectivity index (χ0v) is 23.3. The molecular formula is C30H31N3O9. The number of hydrogen-bond acceptors (Lipinski definition) is 9. The minimum absolute atomic E-state index is 0.0190. The van der Waals surface area contributed by atoms with Gasteiger partial charge in [0.1, 0.15) is 23.5 Å². The predicted molar refractivity (Wildman–Crippen MR) is 153 cm³/mol. The highest BCUT2D eigenvalue weighted by Crippen LogP contribution is 2.49. The second kappa shape index (κ2) is 13.0. The first-order chi connectivity index (χ1) is 20.1. The van der Waals surface area contributed by atoms with Gasteiger partial charge in [-0.3, -0.25) is 19.2 Å². The molecule has 12 heteroatoms. The van der Waals surface area contributed by atoms with Gasteiger partial charge in [0.15, 0.2) is 17.3 Å². The first-order valence-electron chi connectivity index (χ1n) is 13.0. The number of carbonyl (C=O) groups is 4. The van der Waals surface area contributed by atoms with Crippen molar-refractivity contribution in [2.75, 3.05) is 32.0 Å². The number of aliphatic carboxylic acids is 1. The number of nitrogens with two attached hydrogens (primary N) is 1. The van der Waals surface area contributed by atoms with E-state index in [-0.39, 0.29) is 41.9 Å². The van der Waals surface area contributed by atoms with Crippen LogP contribution in [0.15, 0.2) is 54.6 Å². The smallest absolute Gasteiger partial charge is 0.320 e. The first kappa shape index (κ1) is 29.9. The minimum atomic E-state index is -1.18. The molecule has 0 spiro atoms. The lowest BCUT2D eigenvalue weighted by atomic mass is 9.94. The number of Topliss-reactive ketones (excluding diaryl/α,β-unsaturated/α-hetero) is 1. The van der Waals surface area contributed by atoms with E-state index in [2.05, 4.69) is 10.6 Å². The third-order valence-electron chi connectivity index (χ3n) is 6.64. The molecule has 3 aromatic carbocycles. The molecule has 5 N–H and O–H groups in total. The molecule has 220 valence electrons. The molecule has 0 bridgehead atoms. The van der Waals surface area contributed by atoms with E-state index in [1.165, 1.54) is 27.4 Å². The van der Waals surface area contributed by atoms with Crippen LogP contribution in [0.5, 0.6) is 23.0 Å². The van der Waals surface area contributed by atoms with Gasteiger partial charge in [-0.25, -0.2) is 0 Å². The SMILES string of the molecule is COc1cc2c(c(OC)c1OC)C(=O)CC(c1cccc(NC(=O)c3cccc(NC(=O)CC[C@H](N)C(=O)O)c3)c1)O2. The lowest BCUT2D eigenvalue weighted by molar-refractivity contribution is -0.138. The molecule has 0 aliphatic carbocycles. The molecule has 1 heterocycles. The van der Waals surface area contributed by atoms with Gasteiger partial charge in [-0.15, -0.1) is 0 Å². The Morgan fingerprint density at radius 2 is 1.67 bits per heavy atom. The molecule has 0 saturated heterocycles. The number of carboxylic acid groups (broad SMARTS) is 1. The summed E-state index contributed by atoms with van der Waals surface area (Å²) in [5.41, 5.74) is 7.52. The Kier molecular flexibility index (Phi) is 9.28. The van der Waals surface area contributed by atoms with Crippen LogP contribution in [0.25, 0.3) is 0 Å². The van der Waals surface area contributed by atoms with Gasteiger partial charge < -0.3 is 40.4 Å². The van der Waals surface area contributed by atoms with Crippen LogP contribution in [-0.2, 0) is 9.59 Å². The quantitative estimate of drug-likeness (QED) is 0.262. The Labute approximate surface area is 241 Å². The molecule has 1 unspecified atom stereocenters. The fourth-order valence-corrected chi connectivity index (χ4v) is 4.53. The Morgan fingerprint density at radius 1 is 0.976 bits per heavy atom. The predicted octanol–water partition coefficient (Wildman–Crippen LogP) is 3.80. The van der Waals surface area contributed by atoms with Crippen molar-refractivity contribution in [3.05, 3.63) is 71.3 Å². The number of ether oxygens (including phenoxy) is 4. The van der Waals surface area contributed by atoms with Crippen molar-refractivity contribution in [1.82, 2.24) is 0 Å². The highest BCUT2D eigenvalue weighted by molar-refractivity contribution is 6.06. The van der Waals surface area contributed by atoms with Gasteiger partial charge in [0.2, 0.25) is 11.7 Å². The average Bonchev–Trinajstić information content (AvgIpc) is 2.98. The topological polar surface area (TPSA) is 176 Å². The van der Waals surface area contributed by atoms with Crippen LogP contribution in [0.4, 0.5) is 11.4 Å². The number of methoxy groups -OCH3 is 3. The Hall–Kier alpha value is -5.10. The van der Waals surface area contributed by atoms with Crippen LogP contribution in [0.3, 0.4) is 0 Å². The number of hydrogen-bond donors (Lipinski definition) is 4. The zero-order valence-electron chi connectivity index (χ0n) is 23.3. The summed E-state index contributed by atoms with van der Waals surface area (Å²) in [4.78, 5) is 49.2. The summed E-state index contributed by atoms with van der Waals surface area (Å²) >= 11 is 0. The molecule has 0 saturated carbocycles. The fraction of sp³-hybridized carbons (Fsp3) is 0.267. The van der Waals surface area contributed by atoms with Gasteiger partial charge >= 0.3 is 5.97 Å². The Morgan fingerprint density at radius 3 is 2.33 bits per heavy atom. The lowest BCUT2D eigenvalue weighted by Crippen LogP contribution is -2.31. The van der Waals surface area contributed by atoms with Crippen LogP contribution in [0, 0.1) is 0 Å². The van der Waals surface area contributed by atoms with Crippen molar-refractivity contribution in [3.8, 4) is 23.0 Å². The number of nitrogens with one attached hydrogen (secondary N) is 2. The van der Waals surface area contributed by atoms with Crippen LogP contribution < -0.4 is 35.3 Å². The van der Waals surface area contributed by atoms with Crippen molar-refractivity contribution in [3.63, 3.8) is 0 Å². The standard InChI is InChI=1S/C30H31N3O9/c1-39-24-15-23-26(28(41-3)27(24)40-2)21(34)14-22(42-23)16-6-4-9-19(12-16)33-29(36)17-7-5-8-18(13-17)32-25(35)11-10-20(31)30(37)38/h4-9,12-13,15,20,22H,10-11,14,31H2,1-3H3,(H,32,35)(H,33,36)(H,37,38)/t20-,22?/m0/s1. The normalized spacial score (nSPS) is 14.6. The van der Waals surface area contributed by atoms with E-state index in [0.29, 0.717) is 34.2 Å². The van der Waals surface area contributed by atoms with Crippen LogP contribution in [0.2, 0.25) is 0 Å². The molecule has 1 aliphatic rings. The molecule has 0 aromatic heterocycles. The molecule has 12 nitrogen and oxygen atoms in total. The van der Waals surface area contributed by atoms with Gasteiger partial charge in [0, 0.05) is 29.4 Å². The molecule has 2 atom stereocenters. The number of carbonyl (C=O) groups excluding carboxylic acids is 3. The first-order valence-corrected chi connectivity index (χ1v) is 13.0. The van der Waals surface area contributed by atoms with E-state index in [1.807, 2.05) is 0 Å². The maximum Gasteiger partial charge on any atom is 0.320 e.